The lowest BCUT2D eigenvalue weighted by Gasteiger charge is -2.35. The first-order valence-electron chi connectivity index (χ1n) is 8.56. The van der Waals surface area contributed by atoms with Gasteiger partial charge in [0.1, 0.15) is 5.01 Å². The van der Waals surface area contributed by atoms with E-state index in [0.717, 1.165) is 30.6 Å². The van der Waals surface area contributed by atoms with E-state index in [2.05, 4.69) is 60.2 Å². The van der Waals surface area contributed by atoms with Gasteiger partial charge in [-0.25, -0.2) is 4.98 Å². The number of benzene rings is 1. The van der Waals surface area contributed by atoms with Gasteiger partial charge in [0, 0.05) is 50.2 Å². The minimum atomic E-state index is 0.761. The third kappa shape index (κ3) is 4.63. The summed E-state index contributed by atoms with van der Waals surface area (Å²) >= 11 is 1.76. The number of piperazine rings is 1. The molecule has 1 saturated heterocycles. The van der Waals surface area contributed by atoms with Crippen molar-refractivity contribution in [1.29, 1.82) is 0 Å². The number of aromatic nitrogens is 1. The van der Waals surface area contributed by atoms with Crippen molar-refractivity contribution in [2.75, 3.05) is 32.7 Å². The van der Waals surface area contributed by atoms with E-state index in [9.17, 15) is 0 Å². The Hall–Kier alpha value is -1.23. The van der Waals surface area contributed by atoms with E-state index < -0.39 is 0 Å². The smallest absolute Gasteiger partial charge is 0.123 e. The second-order valence-corrected chi connectivity index (χ2v) is 7.84. The average Bonchev–Trinajstić information content (AvgIpc) is 2.98. The van der Waals surface area contributed by atoms with Gasteiger partial charge in [-0.1, -0.05) is 43.7 Å². The molecule has 0 unspecified atom stereocenters. The topological polar surface area (TPSA) is 19.4 Å². The molecular weight excluding hydrogens is 302 g/mol. The SMILES string of the molecule is Cc1ccc(-c2nc(CN3CCN(CC(C)C)CC3)cs2)cc1. The molecule has 124 valence electrons. The van der Waals surface area contributed by atoms with Crippen LogP contribution >= 0.6 is 11.3 Å². The van der Waals surface area contributed by atoms with Crippen molar-refractivity contribution in [1.82, 2.24) is 14.8 Å². The van der Waals surface area contributed by atoms with Gasteiger partial charge in [0.15, 0.2) is 0 Å². The molecule has 0 amide bonds. The molecule has 0 saturated carbocycles. The maximum atomic E-state index is 4.83. The molecule has 23 heavy (non-hydrogen) atoms. The number of nitrogens with zero attached hydrogens (tertiary/aromatic N) is 3. The molecule has 0 radical (unpaired) electrons. The van der Waals surface area contributed by atoms with Gasteiger partial charge in [0.25, 0.3) is 0 Å². The molecule has 1 aliphatic heterocycles. The molecule has 1 aromatic carbocycles. The van der Waals surface area contributed by atoms with Crippen LogP contribution in [0.3, 0.4) is 0 Å². The maximum absolute atomic E-state index is 4.83. The molecule has 2 heterocycles. The lowest BCUT2D eigenvalue weighted by molar-refractivity contribution is 0.116. The number of aryl methyl sites for hydroxylation is 1. The van der Waals surface area contributed by atoms with Gasteiger partial charge in [0.2, 0.25) is 0 Å². The highest BCUT2D eigenvalue weighted by Gasteiger charge is 2.18. The van der Waals surface area contributed by atoms with Gasteiger partial charge in [-0.15, -0.1) is 11.3 Å². The van der Waals surface area contributed by atoms with Crippen LogP contribution in [0.4, 0.5) is 0 Å². The number of rotatable bonds is 5. The van der Waals surface area contributed by atoms with Crippen LogP contribution in [0.2, 0.25) is 0 Å². The fourth-order valence-electron chi connectivity index (χ4n) is 3.08. The van der Waals surface area contributed by atoms with Gasteiger partial charge < -0.3 is 4.90 Å². The van der Waals surface area contributed by atoms with Crippen LogP contribution in [0.5, 0.6) is 0 Å². The zero-order chi connectivity index (χ0) is 16.2. The van der Waals surface area contributed by atoms with E-state index in [4.69, 9.17) is 4.98 Å². The molecule has 1 aromatic heterocycles. The molecule has 0 N–H and O–H groups in total. The van der Waals surface area contributed by atoms with Crippen molar-refractivity contribution >= 4 is 11.3 Å². The summed E-state index contributed by atoms with van der Waals surface area (Å²) in [5.74, 6) is 0.761. The summed E-state index contributed by atoms with van der Waals surface area (Å²) in [6, 6.07) is 8.65. The first kappa shape index (κ1) is 16.6. The maximum Gasteiger partial charge on any atom is 0.123 e. The summed E-state index contributed by atoms with van der Waals surface area (Å²) in [5.41, 5.74) is 3.74. The molecule has 0 atom stereocenters. The van der Waals surface area contributed by atoms with E-state index in [1.807, 2.05) is 0 Å². The highest BCUT2D eigenvalue weighted by Crippen LogP contribution is 2.24. The van der Waals surface area contributed by atoms with Crippen LogP contribution in [-0.4, -0.2) is 47.5 Å². The highest BCUT2D eigenvalue weighted by molar-refractivity contribution is 7.13. The van der Waals surface area contributed by atoms with E-state index in [-0.39, 0.29) is 0 Å². The highest BCUT2D eigenvalue weighted by atomic mass is 32.1. The molecule has 3 nitrogen and oxygen atoms in total. The number of hydrogen-bond donors (Lipinski definition) is 0. The minimum absolute atomic E-state index is 0.761. The summed E-state index contributed by atoms with van der Waals surface area (Å²) < 4.78 is 0. The Balaban J connectivity index is 1.55. The van der Waals surface area contributed by atoms with Gasteiger partial charge in [-0.2, -0.15) is 0 Å². The van der Waals surface area contributed by atoms with Crippen molar-refractivity contribution in [3.63, 3.8) is 0 Å². The quantitative estimate of drug-likeness (QED) is 0.829. The normalized spacial score (nSPS) is 17.0. The monoisotopic (exact) mass is 329 g/mol. The van der Waals surface area contributed by atoms with Crippen LogP contribution in [0.25, 0.3) is 10.6 Å². The summed E-state index contributed by atoms with van der Waals surface area (Å²) in [6.07, 6.45) is 0. The Labute approximate surface area is 144 Å². The summed E-state index contributed by atoms with van der Waals surface area (Å²) in [4.78, 5) is 9.95. The molecule has 4 heteroatoms. The molecular formula is C19H27N3S. The Morgan fingerprint density at radius 2 is 1.70 bits per heavy atom. The van der Waals surface area contributed by atoms with E-state index in [0.29, 0.717) is 0 Å². The Morgan fingerprint density at radius 1 is 1.04 bits per heavy atom. The second kappa shape index (κ2) is 7.56. The third-order valence-electron chi connectivity index (χ3n) is 4.32. The van der Waals surface area contributed by atoms with Crippen LogP contribution < -0.4 is 0 Å². The lowest BCUT2D eigenvalue weighted by atomic mass is 10.2. The molecule has 1 fully saturated rings. The van der Waals surface area contributed by atoms with Gasteiger partial charge in [-0.3, -0.25) is 4.90 Å². The van der Waals surface area contributed by atoms with Gasteiger partial charge in [-0.05, 0) is 12.8 Å². The van der Waals surface area contributed by atoms with Crippen molar-refractivity contribution in [2.45, 2.75) is 27.3 Å². The predicted molar refractivity (Wildman–Crippen MR) is 98.8 cm³/mol. The van der Waals surface area contributed by atoms with Crippen molar-refractivity contribution in [3.05, 3.63) is 40.9 Å². The van der Waals surface area contributed by atoms with Gasteiger partial charge in [0.05, 0.1) is 5.69 Å². The standard InChI is InChI=1S/C19H27N3S/c1-15(2)12-21-8-10-22(11-9-21)13-18-14-23-19(20-18)17-6-4-16(3)5-7-17/h4-7,14-15H,8-13H2,1-3H3. The average molecular weight is 330 g/mol. The van der Waals surface area contributed by atoms with Crippen molar-refractivity contribution < 1.29 is 0 Å². The minimum Gasteiger partial charge on any atom is -0.301 e. The second-order valence-electron chi connectivity index (χ2n) is 6.98. The van der Waals surface area contributed by atoms with Crippen LogP contribution in [-0.2, 0) is 6.54 Å². The molecule has 2 aromatic rings. The Kier molecular flexibility index (Phi) is 5.46. The molecule has 1 aliphatic rings. The van der Waals surface area contributed by atoms with Gasteiger partial charge >= 0.3 is 0 Å². The Bertz CT molecular complexity index is 610. The van der Waals surface area contributed by atoms with Crippen LogP contribution in [0.15, 0.2) is 29.6 Å². The van der Waals surface area contributed by atoms with Crippen molar-refractivity contribution in [3.8, 4) is 10.6 Å². The third-order valence-corrected chi connectivity index (χ3v) is 5.26. The van der Waals surface area contributed by atoms with E-state index in [1.54, 1.807) is 11.3 Å². The van der Waals surface area contributed by atoms with Crippen LogP contribution in [0.1, 0.15) is 25.1 Å². The van der Waals surface area contributed by atoms with Crippen LogP contribution in [0, 0.1) is 12.8 Å². The first-order chi connectivity index (χ1) is 11.1. The van der Waals surface area contributed by atoms with Crippen molar-refractivity contribution in [2.24, 2.45) is 5.92 Å². The number of thiazole rings is 1. The van der Waals surface area contributed by atoms with E-state index >= 15 is 0 Å². The lowest BCUT2D eigenvalue weighted by Crippen LogP contribution is -2.46. The summed E-state index contributed by atoms with van der Waals surface area (Å²) in [5, 5.41) is 3.36. The molecule has 3 rings (SSSR count). The van der Waals surface area contributed by atoms with E-state index in [1.165, 1.54) is 36.5 Å². The molecule has 0 spiro atoms. The largest absolute Gasteiger partial charge is 0.301 e. The number of hydrogen-bond acceptors (Lipinski definition) is 4. The first-order valence-corrected chi connectivity index (χ1v) is 9.44. The summed E-state index contributed by atoms with van der Waals surface area (Å²) in [6.45, 7) is 13.6. The fourth-order valence-corrected chi connectivity index (χ4v) is 3.90. The fraction of sp³-hybridized carbons (Fsp3) is 0.526. The predicted octanol–water partition coefficient (Wildman–Crippen LogP) is 3.89. The Morgan fingerprint density at radius 3 is 2.35 bits per heavy atom. The zero-order valence-electron chi connectivity index (χ0n) is 14.5. The molecule has 0 aliphatic carbocycles. The summed E-state index contributed by atoms with van der Waals surface area (Å²) in [7, 11) is 0. The zero-order valence-corrected chi connectivity index (χ0v) is 15.3. The molecule has 0 bridgehead atoms.